The second kappa shape index (κ2) is 9.49. The molecule has 2 aromatic rings. The number of hydrogen-bond acceptors (Lipinski definition) is 6. The number of esters is 1. The molecule has 1 heterocycles. The van der Waals surface area contributed by atoms with E-state index >= 15 is 0 Å². The molecule has 7 nitrogen and oxygen atoms in total. The van der Waals surface area contributed by atoms with Crippen LogP contribution >= 0.6 is 0 Å². The van der Waals surface area contributed by atoms with Gasteiger partial charge in [-0.25, -0.2) is 4.79 Å². The minimum absolute atomic E-state index is 0.0189. The van der Waals surface area contributed by atoms with Crippen LogP contribution in [-0.4, -0.2) is 22.8 Å². The number of ketones is 1. The van der Waals surface area contributed by atoms with Gasteiger partial charge in [-0.1, -0.05) is 42.5 Å². The molecule has 1 aliphatic heterocycles. The lowest BCUT2D eigenvalue weighted by atomic mass is 9.71. The number of allylic oxidation sites excluding steroid dienone is 3. The molecule has 0 spiro atoms. The molecule has 3 aliphatic rings. The van der Waals surface area contributed by atoms with E-state index in [-0.39, 0.29) is 23.5 Å². The SMILES string of the molecule is CC1=C(C(=O)OC2CCCC2)[C@H](c2ccc([N+](=O)[O-])cc2)C2=C(C[C@H](c3ccccc3)CC2=O)N1. The third kappa shape index (κ3) is 4.50. The first-order valence-electron chi connectivity index (χ1n) is 12.2. The van der Waals surface area contributed by atoms with Crippen LogP contribution in [0.2, 0.25) is 0 Å². The molecule has 0 amide bonds. The Morgan fingerprint density at radius 3 is 2.34 bits per heavy atom. The highest BCUT2D eigenvalue weighted by molar-refractivity contribution is 6.04. The highest BCUT2D eigenvalue weighted by Crippen LogP contribution is 2.46. The Morgan fingerprint density at radius 2 is 1.69 bits per heavy atom. The number of non-ortho nitro benzene ring substituents is 1. The van der Waals surface area contributed by atoms with E-state index in [1.807, 2.05) is 37.3 Å². The summed E-state index contributed by atoms with van der Waals surface area (Å²) in [6.45, 7) is 1.84. The molecule has 35 heavy (non-hydrogen) atoms. The van der Waals surface area contributed by atoms with Gasteiger partial charge in [-0.05, 0) is 56.1 Å². The smallest absolute Gasteiger partial charge is 0.337 e. The highest BCUT2D eigenvalue weighted by atomic mass is 16.6. The molecule has 1 fully saturated rings. The van der Waals surface area contributed by atoms with Crippen LogP contribution in [0, 0.1) is 10.1 Å². The lowest BCUT2D eigenvalue weighted by Crippen LogP contribution is -2.36. The molecule has 1 saturated carbocycles. The summed E-state index contributed by atoms with van der Waals surface area (Å²) in [7, 11) is 0. The van der Waals surface area contributed by atoms with Crippen molar-refractivity contribution in [2.75, 3.05) is 0 Å². The zero-order chi connectivity index (χ0) is 24.5. The fourth-order valence-electron chi connectivity index (χ4n) is 5.61. The van der Waals surface area contributed by atoms with Crippen molar-refractivity contribution in [3.8, 4) is 0 Å². The van der Waals surface area contributed by atoms with Crippen molar-refractivity contribution in [2.45, 2.75) is 63.4 Å². The Morgan fingerprint density at radius 1 is 1.00 bits per heavy atom. The number of nitrogens with one attached hydrogen (secondary N) is 1. The van der Waals surface area contributed by atoms with Crippen LogP contribution in [0.15, 0.2) is 77.1 Å². The van der Waals surface area contributed by atoms with Gasteiger partial charge >= 0.3 is 5.97 Å². The minimum atomic E-state index is -0.620. The maximum Gasteiger partial charge on any atom is 0.337 e. The molecular formula is C28H28N2O5. The zero-order valence-corrected chi connectivity index (χ0v) is 19.7. The van der Waals surface area contributed by atoms with Gasteiger partial charge < -0.3 is 10.1 Å². The maximum atomic E-state index is 13.6. The number of nitro benzene ring substituents is 1. The summed E-state index contributed by atoms with van der Waals surface area (Å²) in [5.41, 5.74) is 4.20. The summed E-state index contributed by atoms with van der Waals surface area (Å²) in [5.74, 6) is -1.01. The van der Waals surface area contributed by atoms with E-state index in [4.69, 9.17) is 4.74 Å². The van der Waals surface area contributed by atoms with Gasteiger partial charge in [-0.2, -0.15) is 0 Å². The van der Waals surface area contributed by atoms with Crippen molar-refractivity contribution in [3.05, 3.63) is 98.4 Å². The standard InChI is InChI=1S/C28H28N2O5/c1-17-25(28(32)35-22-9-5-6-10-22)26(19-11-13-21(14-12-19)30(33)34)27-23(29-17)15-20(16-24(27)31)18-7-3-2-4-8-18/h2-4,7-8,11-14,20,22,26,29H,5-6,9-10,15-16H2,1H3/t20-,26-/m0/s1. The summed E-state index contributed by atoms with van der Waals surface area (Å²) in [4.78, 5) is 37.8. The first-order valence-corrected chi connectivity index (χ1v) is 12.2. The number of ether oxygens (including phenoxy) is 1. The number of nitro groups is 1. The lowest BCUT2D eigenvalue weighted by molar-refractivity contribution is -0.384. The van der Waals surface area contributed by atoms with E-state index in [9.17, 15) is 19.7 Å². The number of carbonyl (C=O) groups excluding carboxylic acids is 2. The number of dihydropyridines is 1. The number of carbonyl (C=O) groups is 2. The maximum absolute atomic E-state index is 13.6. The Kier molecular flexibility index (Phi) is 6.24. The first kappa shape index (κ1) is 23.0. The summed E-state index contributed by atoms with van der Waals surface area (Å²) >= 11 is 0. The van der Waals surface area contributed by atoms with Crippen LogP contribution < -0.4 is 5.32 Å². The molecule has 0 bridgehead atoms. The van der Waals surface area contributed by atoms with Crippen LogP contribution in [0.4, 0.5) is 5.69 Å². The lowest BCUT2D eigenvalue weighted by Gasteiger charge is -2.37. The molecule has 180 valence electrons. The van der Waals surface area contributed by atoms with Gasteiger partial charge in [0.05, 0.1) is 10.5 Å². The average molecular weight is 473 g/mol. The Hall–Kier alpha value is -3.74. The quantitative estimate of drug-likeness (QED) is 0.353. The molecule has 2 aromatic carbocycles. The van der Waals surface area contributed by atoms with Crippen molar-refractivity contribution in [1.29, 1.82) is 0 Å². The third-order valence-electron chi connectivity index (χ3n) is 7.33. The average Bonchev–Trinajstić information content (AvgIpc) is 3.36. The topological polar surface area (TPSA) is 98.5 Å². The van der Waals surface area contributed by atoms with Gasteiger partial charge in [0.25, 0.3) is 5.69 Å². The Bertz CT molecular complexity index is 1220. The summed E-state index contributed by atoms with van der Waals surface area (Å²) in [5, 5.41) is 14.6. The van der Waals surface area contributed by atoms with Crippen LogP contribution in [0.1, 0.15) is 68.4 Å². The van der Waals surface area contributed by atoms with Gasteiger partial charge in [-0.15, -0.1) is 0 Å². The molecule has 0 radical (unpaired) electrons. The first-order chi connectivity index (χ1) is 16.9. The second-order valence-electron chi connectivity index (χ2n) is 9.59. The second-order valence-corrected chi connectivity index (χ2v) is 9.59. The van der Waals surface area contributed by atoms with Gasteiger partial charge in [0.1, 0.15) is 6.10 Å². The van der Waals surface area contributed by atoms with Crippen LogP contribution in [0.5, 0.6) is 0 Å². The number of nitrogens with zero attached hydrogens (tertiary/aromatic N) is 1. The van der Waals surface area contributed by atoms with E-state index in [2.05, 4.69) is 5.32 Å². The molecule has 0 unspecified atom stereocenters. The van der Waals surface area contributed by atoms with E-state index in [0.717, 1.165) is 36.9 Å². The Balaban J connectivity index is 1.55. The van der Waals surface area contributed by atoms with Crippen molar-refractivity contribution in [2.24, 2.45) is 0 Å². The van der Waals surface area contributed by atoms with Crippen LogP contribution in [0.25, 0.3) is 0 Å². The number of Topliss-reactive ketones (excluding diaryl/α,β-unsaturated/α-hetero) is 1. The normalized spacial score (nSPS) is 22.6. The van der Waals surface area contributed by atoms with Crippen molar-refractivity contribution in [3.63, 3.8) is 0 Å². The van der Waals surface area contributed by atoms with Crippen LogP contribution in [-0.2, 0) is 14.3 Å². The fraction of sp³-hybridized carbons (Fsp3) is 0.357. The van der Waals surface area contributed by atoms with Crippen molar-refractivity contribution in [1.82, 2.24) is 5.32 Å². The number of rotatable bonds is 5. The molecule has 5 rings (SSSR count). The van der Waals surface area contributed by atoms with E-state index in [1.165, 1.54) is 12.1 Å². The molecule has 0 aromatic heterocycles. The van der Waals surface area contributed by atoms with E-state index in [1.54, 1.807) is 12.1 Å². The largest absolute Gasteiger partial charge is 0.459 e. The third-order valence-corrected chi connectivity index (χ3v) is 7.33. The zero-order valence-electron chi connectivity index (χ0n) is 19.7. The van der Waals surface area contributed by atoms with Gasteiger partial charge in [-0.3, -0.25) is 14.9 Å². The van der Waals surface area contributed by atoms with Crippen LogP contribution in [0.3, 0.4) is 0 Å². The summed E-state index contributed by atoms with van der Waals surface area (Å²) in [6.07, 6.45) is 4.65. The molecule has 0 saturated heterocycles. The monoisotopic (exact) mass is 472 g/mol. The molecule has 1 N–H and O–H groups in total. The Labute approximate surface area is 204 Å². The molecular weight excluding hydrogens is 444 g/mol. The van der Waals surface area contributed by atoms with E-state index < -0.39 is 16.8 Å². The summed E-state index contributed by atoms with van der Waals surface area (Å²) < 4.78 is 5.86. The molecule has 2 atom stereocenters. The van der Waals surface area contributed by atoms with Gasteiger partial charge in [0, 0.05) is 41.4 Å². The summed E-state index contributed by atoms with van der Waals surface area (Å²) in [6, 6.07) is 16.1. The predicted molar refractivity (Wildman–Crippen MR) is 130 cm³/mol. The fourth-order valence-corrected chi connectivity index (χ4v) is 5.61. The minimum Gasteiger partial charge on any atom is -0.459 e. The van der Waals surface area contributed by atoms with Crippen molar-refractivity contribution < 1.29 is 19.2 Å². The highest BCUT2D eigenvalue weighted by Gasteiger charge is 2.42. The van der Waals surface area contributed by atoms with Gasteiger partial charge in [0.2, 0.25) is 0 Å². The predicted octanol–water partition coefficient (Wildman–Crippen LogP) is 5.44. The molecule has 2 aliphatic carbocycles. The van der Waals surface area contributed by atoms with Gasteiger partial charge in [0.15, 0.2) is 5.78 Å². The van der Waals surface area contributed by atoms with Crippen molar-refractivity contribution >= 4 is 17.4 Å². The van der Waals surface area contributed by atoms with E-state index in [0.29, 0.717) is 35.2 Å². The number of hydrogen-bond donors (Lipinski definition) is 1. The number of benzene rings is 2. The molecule has 7 heteroatoms.